The molecule has 116 valence electrons. The normalized spacial score (nSPS) is 25.6. The highest BCUT2D eigenvalue weighted by Crippen LogP contribution is 2.29. The van der Waals surface area contributed by atoms with Crippen molar-refractivity contribution >= 4 is 12.0 Å². The average Bonchev–Trinajstić information content (AvgIpc) is 2.42. The van der Waals surface area contributed by atoms with Gasteiger partial charge in [-0.2, -0.15) is 0 Å². The first kappa shape index (κ1) is 16.8. The van der Waals surface area contributed by atoms with E-state index in [9.17, 15) is 14.7 Å². The number of amides is 2. The van der Waals surface area contributed by atoms with Gasteiger partial charge in [-0.05, 0) is 31.6 Å². The van der Waals surface area contributed by atoms with Gasteiger partial charge in [-0.15, -0.1) is 0 Å². The van der Waals surface area contributed by atoms with Gasteiger partial charge in [0.15, 0.2) is 6.04 Å². The van der Waals surface area contributed by atoms with Crippen LogP contribution in [0.2, 0.25) is 0 Å². The number of carboxylic acid groups (broad SMARTS) is 1. The van der Waals surface area contributed by atoms with Crippen LogP contribution in [0.3, 0.4) is 0 Å². The van der Waals surface area contributed by atoms with E-state index in [-0.39, 0.29) is 0 Å². The largest absolute Gasteiger partial charge is 0.480 e. The Hall–Kier alpha value is -1.30. The minimum Gasteiger partial charge on any atom is -0.480 e. The molecule has 1 fully saturated rings. The first-order valence-corrected chi connectivity index (χ1v) is 7.39. The molecule has 1 aliphatic rings. The van der Waals surface area contributed by atoms with E-state index in [2.05, 4.69) is 17.6 Å². The summed E-state index contributed by atoms with van der Waals surface area (Å²) in [6.07, 6.45) is 4.72. The third kappa shape index (κ3) is 5.36. The molecule has 0 aromatic rings. The number of hydrogen-bond acceptors (Lipinski definition) is 3. The van der Waals surface area contributed by atoms with Gasteiger partial charge in [0, 0.05) is 6.54 Å². The second kappa shape index (κ2) is 8.09. The number of rotatable bonds is 6. The molecule has 0 radical (unpaired) electrons. The van der Waals surface area contributed by atoms with E-state index in [1.54, 1.807) is 0 Å². The lowest BCUT2D eigenvalue weighted by molar-refractivity contribution is -0.141. The quantitative estimate of drug-likeness (QED) is 0.592. The number of aliphatic carboxylic acids is 1. The zero-order valence-corrected chi connectivity index (χ0v) is 12.3. The summed E-state index contributed by atoms with van der Waals surface area (Å²) < 4.78 is 0. The van der Waals surface area contributed by atoms with Crippen LogP contribution < -0.4 is 10.6 Å². The summed E-state index contributed by atoms with van der Waals surface area (Å²) in [6, 6.07) is -1.80. The van der Waals surface area contributed by atoms with Crippen molar-refractivity contribution in [2.24, 2.45) is 11.8 Å². The lowest BCUT2D eigenvalue weighted by atomic mass is 9.81. The average molecular weight is 286 g/mol. The summed E-state index contributed by atoms with van der Waals surface area (Å²) in [5, 5.41) is 23.1. The molecule has 4 N–H and O–H groups in total. The lowest BCUT2D eigenvalue weighted by Crippen LogP contribution is -2.51. The van der Waals surface area contributed by atoms with Crippen molar-refractivity contribution in [1.29, 1.82) is 0 Å². The van der Waals surface area contributed by atoms with Crippen LogP contribution in [0, 0.1) is 11.8 Å². The standard InChI is InChI=1S/C14H26N2O4/c1-3-10-4-6-11(7-5-10)8-15-14(20)16-12(9(2)17)13(18)19/h9-12,17H,3-8H2,1-2H3,(H,18,19)(H2,15,16,20). The van der Waals surface area contributed by atoms with Crippen molar-refractivity contribution in [2.45, 2.75) is 58.1 Å². The molecular weight excluding hydrogens is 260 g/mol. The topological polar surface area (TPSA) is 98.7 Å². The van der Waals surface area contributed by atoms with Crippen molar-refractivity contribution in [3.8, 4) is 0 Å². The van der Waals surface area contributed by atoms with Crippen LogP contribution in [0.4, 0.5) is 4.79 Å². The zero-order valence-electron chi connectivity index (χ0n) is 12.3. The van der Waals surface area contributed by atoms with E-state index in [1.165, 1.54) is 26.2 Å². The van der Waals surface area contributed by atoms with Crippen LogP contribution >= 0.6 is 0 Å². The molecule has 0 heterocycles. The fourth-order valence-corrected chi connectivity index (χ4v) is 2.66. The molecule has 0 spiro atoms. The van der Waals surface area contributed by atoms with Crippen molar-refractivity contribution < 1.29 is 19.8 Å². The second-order valence-corrected chi connectivity index (χ2v) is 5.71. The molecule has 0 saturated heterocycles. The molecule has 6 nitrogen and oxygen atoms in total. The van der Waals surface area contributed by atoms with Crippen LogP contribution in [0.15, 0.2) is 0 Å². The van der Waals surface area contributed by atoms with Crippen LogP contribution in [0.1, 0.15) is 46.0 Å². The number of urea groups is 1. The van der Waals surface area contributed by atoms with E-state index in [0.717, 1.165) is 18.8 Å². The molecule has 1 rings (SSSR count). The minimum absolute atomic E-state index is 0.471. The highest BCUT2D eigenvalue weighted by Gasteiger charge is 2.25. The Bertz CT molecular complexity index is 325. The molecule has 2 atom stereocenters. The molecule has 0 bridgehead atoms. The summed E-state index contributed by atoms with van der Waals surface area (Å²) in [7, 11) is 0. The fraction of sp³-hybridized carbons (Fsp3) is 0.857. The van der Waals surface area contributed by atoms with Crippen LogP contribution in [-0.4, -0.2) is 40.9 Å². The molecule has 0 aliphatic heterocycles. The van der Waals surface area contributed by atoms with Gasteiger partial charge >= 0.3 is 12.0 Å². The zero-order chi connectivity index (χ0) is 15.1. The highest BCUT2D eigenvalue weighted by atomic mass is 16.4. The number of carboxylic acids is 1. The van der Waals surface area contributed by atoms with E-state index in [1.807, 2.05) is 0 Å². The third-order valence-electron chi connectivity index (χ3n) is 4.13. The maximum Gasteiger partial charge on any atom is 0.328 e. The molecule has 1 saturated carbocycles. The van der Waals surface area contributed by atoms with Gasteiger partial charge in [0.1, 0.15) is 0 Å². The van der Waals surface area contributed by atoms with E-state index < -0.39 is 24.1 Å². The minimum atomic E-state index is -1.27. The lowest BCUT2D eigenvalue weighted by Gasteiger charge is -2.28. The van der Waals surface area contributed by atoms with Crippen molar-refractivity contribution in [3.05, 3.63) is 0 Å². The molecule has 1 aliphatic carbocycles. The first-order valence-electron chi connectivity index (χ1n) is 7.39. The molecule has 2 amide bonds. The van der Waals surface area contributed by atoms with Gasteiger partial charge in [0.25, 0.3) is 0 Å². The number of aliphatic hydroxyl groups is 1. The Labute approximate surface area is 119 Å². The van der Waals surface area contributed by atoms with Crippen molar-refractivity contribution in [2.75, 3.05) is 6.54 Å². The summed E-state index contributed by atoms with van der Waals surface area (Å²) >= 11 is 0. The molecule has 2 unspecified atom stereocenters. The van der Waals surface area contributed by atoms with E-state index >= 15 is 0 Å². The Kier molecular flexibility index (Phi) is 6.78. The summed E-state index contributed by atoms with van der Waals surface area (Å²) in [5.41, 5.74) is 0. The molecular formula is C14H26N2O4. The third-order valence-corrected chi connectivity index (χ3v) is 4.13. The molecule has 6 heteroatoms. The molecule has 20 heavy (non-hydrogen) atoms. The first-order chi connectivity index (χ1) is 9.43. The van der Waals surface area contributed by atoms with Gasteiger partial charge in [-0.3, -0.25) is 0 Å². The molecule has 0 aromatic carbocycles. The number of carbonyl (C=O) groups excluding carboxylic acids is 1. The Morgan fingerprint density at radius 2 is 1.75 bits per heavy atom. The van der Waals surface area contributed by atoms with Gasteiger partial charge < -0.3 is 20.8 Å². The monoisotopic (exact) mass is 286 g/mol. The van der Waals surface area contributed by atoms with Crippen LogP contribution in [-0.2, 0) is 4.79 Å². The van der Waals surface area contributed by atoms with E-state index in [4.69, 9.17) is 5.11 Å². The van der Waals surface area contributed by atoms with Gasteiger partial charge in [0.2, 0.25) is 0 Å². The SMILES string of the molecule is CCC1CCC(CNC(=O)NC(C(=O)O)C(C)O)CC1. The smallest absolute Gasteiger partial charge is 0.328 e. The van der Waals surface area contributed by atoms with Crippen molar-refractivity contribution in [3.63, 3.8) is 0 Å². The number of nitrogens with one attached hydrogen (secondary N) is 2. The van der Waals surface area contributed by atoms with Crippen LogP contribution in [0.25, 0.3) is 0 Å². The Morgan fingerprint density at radius 1 is 1.20 bits per heavy atom. The van der Waals surface area contributed by atoms with Gasteiger partial charge in [-0.1, -0.05) is 26.2 Å². The van der Waals surface area contributed by atoms with Crippen molar-refractivity contribution in [1.82, 2.24) is 10.6 Å². The number of aliphatic hydroxyl groups excluding tert-OH is 1. The summed E-state index contributed by atoms with van der Waals surface area (Å²) in [6.45, 7) is 4.11. The summed E-state index contributed by atoms with van der Waals surface area (Å²) in [5.74, 6) is 0.0451. The Morgan fingerprint density at radius 3 is 2.20 bits per heavy atom. The number of carbonyl (C=O) groups is 2. The predicted molar refractivity (Wildman–Crippen MR) is 75.4 cm³/mol. The Balaban J connectivity index is 2.28. The van der Waals surface area contributed by atoms with Gasteiger partial charge in [-0.25, -0.2) is 9.59 Å². The molecule has 0 aromatic heterocycles. The van der Waals surface area contributed by atoms with Gasteiger partial charge in [0.05, 0.1) is 6.10 Å². The highest BCUT2D eigenvalue weighted by molar-refractivity contribution is 5.82. The van der Waals surface area contributed by atoms with Crippen LogP contribution in [0.5, 0.6) is 0 Å². The summed E-state index contributed by atoms with van der Waals surface area (Å²) in [4.78, 5) is 22.5. The predicted octanol–water partition coefficient (Wildman–Crippen LogP) is 1.34. The van der Waals surface area contributed by atoms with E-state index in [0.29, 0.717) is 12.5 Å². The number of hydrogen-bond donors (Lipinski definition) is 4. The maximum absolute atomic E-state index is 11.6. The second-order valence-electron chi connectivity index (χ2n) is 5.71. The maximum atomic E-state index is 11.6. The fourth-order valence-electron chi connectivity index (χ4n) is 2.66.